The van der Waals surface area contributed by atoms with Crippen molar-refractivity contribution in [3.8, 4) is 0 Å². The Morgan fingerprint density at radius 2 is 1.77 bits per heavy atom. The molecule has 2 atom stereocenters. The molecule has 0 aliphatic rings. The Morgan fingerprint density at radius 3 is 2.52 bits per heavy atom. The number of aromatic nitrogens is 1. The van der Waals surface area contributed by atoms with Gasteiger partial charge in [-0.05, 0) is 28.6 Å². The van der Waals surface area contributed by atoms with E-state index in [-0.39, 0.29) is 30.2 Å². The number of amides is 2. The molecule has 0 radical (unpaired) electrons. The van der Waals surface area contributed by atoms with E-state index < -0.39 is 0 Å². The van der Waals surface area contributed by atoms with Gasteiger partial charge in [0.25, 0.3) is 0 Å². The van der Waals surface area contributed by atoms with Gasteiger partial charge in [-0.2, -0.15) is 0 Å². The van der Waals surface area contributed by atoms with E-state index in [1.54, 1.807) is 0 Å². The number of fused-ring (bicyclic) bond motifs is 1. The van der Waals surface area contributed by atoms with E-state index in [0.717, 1.165) is 26.9 Å². The highest BCUT2D eigenvalue weighted by Crippen LogP contribution is 2.30. The minimum Gasteiger partial charge on any atom is -0.361 e. The van der Waals surface area contributed by atoms with Crippen molar-refractivity contribution in [3.05, 3.63) is 94.3 Å². The molecule has 0 bridgehead atoms. The second-order valence-corrected chi connectivity index (χ2v) is 8.51. The number of carbonyl (C=O) groups is 2. The van der Waals surface area contributed by atoms with Crippen LogP contribution in [-0.2, 0) is 9.59 Å². The number of hydrogen-bond donors (Lipinski definition) is 3. The third kappa shape index (κ3) is 5.03. The van der Waals surface area contributed by atoms with Crippen LogP contribution < -0.4 is 10.6 Å². The van der Waals surface area contributed by atoms with Crippen LogP contribution in [0.1, 0.15) is 41.3 Å². The highest BCUT2D eigenvalue weighted by Gasteiger charge is 2.21. The summed E-state index contributed by atoms with van der Waals surface area (Å²) in [5, 5.41) is 9.09. The van der Waals surface area contributed by atoms with Gasteiger partial charge in [0.1, 0.15) is 0 Å². The Balaban J connectivity index is 1.52. The average Bonchev–Trinajstić information content (AvgIpc) is 3.45. The number of nitrogens with one attached hydrogen (secondary N) is 3. The van der Waals surface area contributed by atoms with Crippen molar-refractivity contribution in [1.82, 2.24) is 15.6 Å². The zero-order valence-electron chi connectivity index (χ0n) is 17.3. The number of benzene rings is 2. The fourth-order valence-corrected chi connectivity index (χ4v) is 4.68. The van der Waals surface area contributed by atoms with Crippen molar-refractivity contribution in [2.75, 3.05) is 6.54 Å². The molecule has 158 valence electrons. The van der Waals surface area contributed by atoms with E-state index in [1.807, 2.05) is 54.0 Å². The van der Waals surface area contributed by atoms with Crippen LogP contribution in [-0.4, -0.2) is 23.3 Å². The molecule has 0 fully saturated rings. The molecule has 0 unspecified atom stereocenters. The maximum Gasteiger partial charge on any atom is 0.222 e. The summed E-state index contributed by atoms with van der Waals surface area (Å²) in [6, 6.07) is 21.9. The minimum absolute atomic E-state index is 0.0160. The van der Waals surface area contributed by atoms with Crippen LogP contribution in [0, 0.1) is 0 Å². The predicted octanol–water partition coefficient (Wildman–Crippen LogP) is 4.75. The molecule has 2 aromatic heterocycles. The minimum atomic E-state index is -0.319. The monoisotopic (exact) mass is 431 g/mol. The van der Waals surface area contributed by atoms with Crippen molar-refractivity contribution in [2.24, 2.45) is 0 Å². The van der Waals surface area contributed by atoms with Crippen molar-refractivity contribution < 1.29 is 9.59 Å². The molecule has 2 heterocycles. The third-order valence-corrected chi connectivity index (χ3v) is 6.34. The van der Waals surface area contributed by atoms with Gasteiger partial charge in [-0.3, -0.25) is 9.59 Å². The van der Waals surface area contributed by atoms with E-state index >= 15 is 0 Å². The fourth-order valence-electron chi connectivity index (χ4n) is 3.91. The van der Waals surface area contributed by atoms with Gasteiger partial charge in [-0.25, -0.2) is 0 Å². The summed E-state index contributed by atoms with van der Waals surface area (Å²) in [7, 11) is 0. The first kappa shape index (κ1) is 20.9. The Kier molecular flexibility index (Phi) is 6.48. The van der Waals surface area contributed by atoms with Crippen LogP contribution >= 0.6 is 11.3 Å². The van der Waals surface area contributed by atoms with Gasteiger partial charge in [-0.1, -0.05) is 54.6 Å². The van der Waals surface area contributed by atoms with Crippen LogP contribution in [0.5, 0.6) is 0 Å². The summed E-state index contributed by atoms with van der Waals surface area (Å²) in [6.45, 7) is 1.95. The largest absolute Gasteiger partial charge is 0.361 e. The normalized spacial score (nSPS) is 12.9. The molecule has 0 spiro atoms. The molecule has 2 amide bonds. The lowest BCUT2D eigenvalue weighted by Crippen LogP contribution is -2.34. The van der Waals surface area contributed by atoms with E-state index in [9.17, 15) is 9.59 Å². The molecule has 6 heteroatoms. The van der Waals surface area contributed by atoms with Crippen LogP contribution in [0.25, 0.3) is 10.9 Å². The third-order valence-electron chi connectivity index (χ3n) is 5.36. The second-order valence-electron chi connectivity index (χ2n) is 7.53. The number of carbonyl (C=O) groups excluding carboxylic acids is 2. The highest BCUT2D eigenvalue weighted by molar-refractivity contribution is 7.10. The molecule has 2 aromatic carbocycles. The van der Waals surface area contributed by atoms with Crippen molar-refractivity contribution in [2.45, 2.75) is 25.3 Å². The first-order valence-corrected chi connectivity index (χ1v) is 11.2. The van der Waals surface area contributed by atoms with Crippen LogP contribution in [0.4, 0.5) is 0 Å². The molecule has 4 aromatic rings. The standard InChI is InChI=1S/C25H25N3O2S/c1-17(29)28-23(24-12-7-13-31-24)14-25(30)27-15-20(18-8-3-2-4-9-18)21-16-26-22-11-6-5-10-19(21)22/h2-13,16,20,23,26H,14-15H2,1H3,(H,27,30)(H,28,29)/t20-,23-/m0/s1. The topological polar surface area (TPSA) is 74.0 Å². The molecular formula is C25H25N3O2S. The Hall–Kier alpha value is -3.38. The first-order chi connectivity index (χ1) is 15.1. The molecule has 31 heavy (non-hydrogen) atoms. The molecule has 0 aliphatic heterocycles. The van der Waals surface area contributed by atoms with Crippen molar-refractivity contribution in [3.63, 3.8) is 0 Å². The Labute approximate surface area is 185 Å². The SMILES string of the molecule is CC(=O)N[C@@H](CC(=O)NC[C@@H](c1ccccc1)c1c[nH]c2ccccc12)c1cccs1. The molecule has 0 aliphatic carbocycles. The smallest absolute Gasteiger partial charge is 0.222 e. The summed E-state index contributed by atoms with van der Waals surface area (Å²) in [5.41, 5.74) is 3.37. The average molecular weight is 432 g/mol. The second kappa shape index (κ2) is 9.62. The number of thiophene rings is 1. The number of H-pyrrole nitrogens is 1. The van der Waals surface area contributed by atoms with E-state index in [0.29, 0.717) is 6.54 Å². The molecule has 4 rings (SSSR count). The molecule has 3 N–H and O–H groups in total. The maximum absolute atomic E-state index is 12.8. The zero-order valence-corrected chi connectivity index (χ0v) is 18.1. The number of aromatic amines is 1. The number of rotatable bonds is 8. The van der Waals surface area contributed by atoms with E-state index in [1.165, 1.54) is 18.3 Å². The lowest BCUT2D eigenvalue weighted by atomic mass is 9.91. The lowest BCUT2D eigenvalue weighted by molar-refractivity contribution is -0.122. The zero-order chi connectivity index (χ0) is 21.6. The molecule has 5 nitrogen and oxygen atoms in total. The summed E-state index contributed by atoms with van der Waals surface area (Å²) in [4.78, 5) is 28.8. The summed E-state index contributed by atoms with van der Waals surface area (Å²) >= 11 is 1.54. The maximum atomic E-state index is 12.8. The van der Waals surface area contributed by atoms with Gasteiger partial charge in [-0.15, -0.1) is 11.3 Å². The van der Waals surface area contributed by atoms with Crippen LogP contribution in [0.15, 0.2) is 78.3 Å². The van der Waals surface area contributed by atoms with Crippen LogP contribution in [0.2, 0.25) is 0 Å². The van der Waals surface area contributed by atoms with Gasteiger partial charge in [0, 0.05) is 41.4 Å². The molecule has 0 saturated heterocycles. The van der Waals surface area contributed by atoms with Crippen LogP contribution in [0.3, 0.4) is 0 Å². The predicted molar refractivity (Wildman–Crippen MR) is 125 cm³/mol. The lowest BCUT2D eigenvalue weighted by Gasteiger charge is -2.20. The Bertz CT molecular complexity index is 1150. The fraction of sp³-hybridized carbons (Fsp3) is 0.200. The summed E-state index contributed by atoms with van der Waals surface area (Å²) < 4.78 is 0. The number of para-hydroxylation sites is 1. The quantitative estimate of drug-likeness (QED) is 0.377. The Morgan fingerprint density at radius 1 is 1.00 bits per heavy atom. The van der Waals surface area contributed by atoms with E-state index in [2.05, 4.69) is 39.9 Å². The van der Waals surface area contributed by atoms with Gasteiger partial charge < -0.3 is 15.6 Å². The van der Waals surface area contributed by atoms with Gasteiger partial charge in [0.15, 0.2) is 0 Å². The summed E-state index contributed by atoms with van der Waals surface area (Å²) in [6.07, 6.45) is 2.23. The molecular weight excluding hydrogens is 406 g/mol. The van der Waals surface area contributed by atoms with Gasteiger partial charge in [0.05, 0.1) is 12.5 Å². The van der Waals surface area contributed by atoms with E-state index in [4.69, 9.17) is 0 Å². The van der Waals surface area contributed by atoms with Crippen molar-refractivity contribution in [1.29, 1.82) is 0 Å². The number of hydrogen-bond acceptors (Lipinski definition) is 3. The van der Waals surface area contributed by atoms with Gasteiger partial charge in [0.2, 0.25) is 11.8 Å². The summed E-state index contributed by atoms with van der Waals surface area (Å²) in [5.74, 6) is -0.220. The first-order valence-electron chi connectivity index (χ1n) is 10.3. The highest BCUT2D eigenvalue weighted by atomic mass is 32.1. The molecule has 0 saturated carbocycles. The van der Waals surface area contributed by atoms with Crippen molar-refractivity contribution >= 4 is 34.1 Å². The van der Waals surface area contributed by atoms with Gasteiger partial charge >= 0.3 is 0 Å².